The van der Waals surface area contributed by atoms with Gasteiger partial charge in [0.15, 0.2) is 0 Å². The molecule has 1 aromatic heterocycles. The van der Waals surface area contributed by atoms with Crippen LogP contribution < -0.4 is 16.0 Å². The van der Waals surface area contributed by atoms with Crippen molar-refractivity contribution in [2.24, 2.45) is 5.73 Å². The van der Waals surface area contributed by atoms with E-state index in [1.807, 2.05) is 11.8 Å². The van der Waals surface area contributed by atoms with Crippen molar-refractivity contribution >= 4 is 34.4 Å². The summed E-state index contributed by atoms with van der Waals surface area (Å²) in [7, 11) is 0. The number of aromatic nitrogens is 2. The van der Waals surface area contributed by atoms with Crippen molar-refractivity contribution in [1.82, 2.24) is 9.97 Å². The van der Waals surface area contributed by atoms with E-state index in [0.717, 1.165) is 60.9 Å². The first-order valence-electron chi connectivity index (χ1n) is 9.87. The van der Waals surface area contributed by atoms with E-state index in [2.05, 4.69) is 59.6 Å². The van der Waals surface area contributed by atoms with Crippen LogP contribution in [0.5, 0.6) is 0 Å². The molecule has 0 saturated heterocycles. The number of thioether (sulfide) groups is 1. The van der Waals surface area contributed by atoms with E-state index in [1.54, 1.807) is 0 Å². The number of hydrogen-bond donors (Lipinski definition) is 2. The minimum atomic E-state index is -0.0700. The molecule has 1 aliphatic heterocycles. The molecule has 6 heteroatoms. The van der Waals surface area contributed by atoms with Crippen LogP contribution in [0.2, 0.25) is 0 Å². The first-order chi connectivity index (χ1) is 13.6. The van der Waals surface area contributed by atoms with Crippen LogP contribution in [0.25, 0.3) is 10.9 Å². The van der Waals surface area contributed by atoms with E-state index in [9.17, 15) is 0 Å². The van der Waals surface area contributed by atoms with Gasteiger partial charge in [-0.15, -0.1) is 11.8 Å². The Morgan fingerprint density at radius 1 is 1.18 bits per heavy atom. The molecule has 5 rings (SSSR count). The average molecular weight is 392 g/mol. The van der Waals surface area contributed by atoms with Crippen molar-refractivity contribution in [1.29, 1.82) is 0 Å². The Kier molecular flexibility index (Phi) is 4.40. The fraction of sp³-hybridized carbons (Fsp3) is 0.364. The maximum Gasteiger partial charge on any atom is 0.228 e. The molecule has 0 unspecified atom stereocenters. The number of nitrogens with two attached hydrogens (primary N) is 1. The summed E-state index contributed by atoms with van der Waals surface area (Å²) in [6.45, 7) is 4.62. The number of anilines is 2. The number of nitrogens with zero attached hydrogens (tertiary/aromatic N) is 3. The summed E-state index contributed by atoms with van der Waals surface area (Å²) in [6, 6.07) is 15.0. The van der Waals surface area contributed by atoms with Crippen LogP contribution in [0.1, 0.15) is 24.0 Å². The van der Waals surface area contributed by atoms with Crippen LogP contribution in [0.3, 0.4) is 0 Å². The Bertz CT molecular complexity index is 1030. The average Bonchev–Trinajstić information content (AvgIpc) is 3.47. The number of fused-ring (bicyclic) bond motifs is 2. The molecular formula is C22H25N5S. The van der Waals surface area contributed by atoms with Gasteiger partial charge in [-0.1, -0.05) is 29.8 Å². The molecule has 0 atom stereocenters. The summed E-state index contributed by atoms with van der Waals surface area (Å²) in [5.74, 6) is 2.71. The SMILES string of the molecule is Cc1ccc2nc(N3CCSc4ccccc4C3)nc(NCC3(N)CC3)c2c1. The minimum absolute atomic E-state index is 0.0700. The van der Waals surface area contributed by atoms with Crippen molar-refractivity contribution in [3.8, 4) is 0 Å². The lowest BCUT2D eigenvalue weighted by Crippen LogP contribution is -2.32. The fourth-order valence-corrected chi connectivity index (χ4v) is 4.62. The Morgan fingerprint density at radius 3 is 2.89 bits per heavy atom. The molecule has 144 valence electrons. The van der Waals surface area contributed by atoms with Gasteiger partial charge < -0.3 is 16.0 Å². The zero-order valence-electron chi connectivity index (χ0n) is 16.1. The highest BCUT2D eigenvalue weighted by Crippen LogP contribution is 2.34. The number of hydrogen-bond acceptors (Lipinski definition) is 6. The van der Waals surface area contributed by atoms with E-state index in [4.69, 9.17) is 15.7 Å². The van der Waals surface area contributed by atoms with Crippen LogP contribution >= 0.6 is 11.8 Å². The lowest BCUT2D eigenvalue weighted by Gasteiger charge is -2.22. The summed E-state index contributed by atoms with van der Waals surface area (Å²) in [4.78, 5) is 13.5. The second kappa shape index (κ2) is 6.94. The third-order valence-corrected chi connectivity index (χ3v) is 6.67. The maximum absolute atomic E-state index is 6.30. The molecule has 2 aromatic carbocycles. The van der Waals surface area contributed by atoms with Gasteiger partial charge in [-0.05, 0) is 43.5 Å². The van der Waals surface area contributed by atoms with E-state index in [1.165, 1.54) is 16.0 Å². The van der Waals surface area contributed by atoms with Crippen molar-refractivity contribution in [3.63, 3.8) is 0 Å². The Hall–Kier alpha value is -2.31. The standard InChI is InChI=1S/C22H25N5S/c1-15-6-7-18-17(12-15)20(24-14-22(23)8-9-22)26-21(25-18)27-10-11-28-19-5-3-2-4-16(19)13-27/h2-7,12H,8-11,13-14,23H2,1H3,(H,24,25,26). The molecule has 1 fully saturated rings. The van der Waals surface area contributed by atoms with Crippen LogP contribution in [-0.2, 0) is 6.54 Å². The molecule has 0 bridgehead atoms. The zero-order valence-corrected chi connectivity index (χ0v) is 16.9. The maximum atomic E-state index is 6.30. The van der Waals surface area contributed by atoms with Crippen molar-refractivity contribution in [2.75, 3.05) is 29.1 Å². The molecule has 3 aromatic rings. The molecule has 1 saturated carbocycles. The second-order valence-corrected chi connectivity index (χ2v) is 9.12. The van der Waals surface area contributed by atoms with Gasteiger partial charge in [-0.3, -0.25) is 0 Å². The highest BCUT2D eigenvalue weighted by Gasteiger charge is 2.38. The van der Waals surface area contributed by atoms with Gasteiger partial charge in [0.05, 0.1) is 5.52 Å². The van der Waals surface area contributed by atoms with Crippen LogP contribution in [0, 0.1) is 6.92 Å². The summed E-state index contributed by atoms with van der Waals surface area (Å²) >= 11 is 1.91. The molecule has 28 heavy (non-hydrogen) atoms. The Labute approximate surface area is 169 Å². The van der Waals surface area contributed by atoms with E-state index in [0.29, 0.717) is 0 Å². The molecule has 3 N–H and O–H groups in total. The van der Waals surface area contributed by atoms with Gasteiger partial charge in [0, 0.05) is 41.2 Å². The van der Waals surface area contributed by atoms with E-state index < -0.39 is 0 Å². The fourth-order valence-electron chi connectivity index (χ4n) is 3.60. The quantitative estimate of drug-likeness (QED) is 0.702. The molecule has 5 nitrogen and oxygen atoms in total. The predicted octanol–water partition coefficient (Wildman–Crippen LogP) is 3.95. The number of benzene rings is 2. The molecule has 0 radical (unpaired) electrons. The smallest absolute Gasteiger partial charge is 0.228 e. The number of aryl methyl sites for hydroxylation is 1. The van der Waals surface area contributed by atoms with Crippen LogP contribution in [0.15, 0.2) is 47.4 Å². The van der Waals surface area contributed by atoms with E-state index in [-0.39, 0.29) is 5.54 Å². The zero-order chi connectivity index (χ0) is 19.1. The molecule has 0 spiro atoms. The van der Waals surface area contributed by atoms with Crippen molar-refractivity contribution < 1.29 is 0 Å². The van der Waals surface area contributed by atoms with Crippen LogP contribution in [0.4, 0.5) is 11.8 Å². The Morgan fingerprint density at radius 2 is 2.04 bits per heavy atom. The van der Waals surface area contributed by atoms with Gasteiger partial charge in [0.1, 0.15) is 5.82 Å². The highest BCUT2D eigenvalue weighted by molar-refractivity contribution is 7.99. The molecule has 2 heterocycles. The topological polar surface area (TPSA) is 67.1 Å². The molecule has 2 aliphatic rings. The summed E-state index contributed by atoms with van der Waals surface area (Å²) < 4.78 is 0. The minimum Gasteiger partial charge on any atom is -0.368 e. The molecule has 1 aliphatic carbocycles. The van der Waals surface area contributed by atoms with Gasteiger partial charge in [0.25, 0.3) is 0 Å². The highest BCUT2D eigenvalue weighted by atomic mass is 32.2. The largest absolute Gasteiger partial charge is 0.368 e. The van der Waals surface area contributed by atoms with Crippen molar-refractivity contribution in [3.05, 3.63) is 53.6 Å². The normalized spacial score (nSPS) is 17.9. The number of rotatable bonds is 4. The second-order valence-electron chi connectivity index (χ2n) is 7.99. The number of nitrogens with one attached hydrogen (secondary N) is 1. The van der Waals surface area contributed by atoms with Crippen molar-refractivity contribution in [2.45, 2.75) is 36.7 Å². The first-order valence-corrected chi connectivity index (χ1v) is 10.9. The molecule has 0 amide bonds. The summed E-state index contributed by atoms with van der Waals surface area (Å²) in [5, 5.41) is 4.59. The van der Waals surface area contributed by atoms with Crippen LogP contribution in [-0.4, -0.2) is 34.3 Å². The Balaban J connectivity index is 1.53. The predicted molar refractivity (Wildman–Crippen MR) is 117 cm³/mol. The van der Waals surface area contributed by atoms with Gasteiger partial charge in [0.2, 0.25) is 5.95 Å². The van der Waals surface area contributed by atoms with Gasteiger partial charge >= 0.3 is 0 Å². The first kappa shape index (κ1) is 17.8. The monoisotopic (exact) mass is 391 g/mol. The van der Waals surface area contributed by atoms with E-state index >= 15 is 0 Å². The summed E-state index contributed by atoms with van der Waals surface area (Å²) in [5.41, 5.74) is 9.76. The lowest BCUT2D eigenvalue weighted by molar-refractivity contribution is 0.711. The van der Waals surface area contributed by atoms with Gasteiger partial charge in [-0.25, -0.2) is 4.98 Å². The van der Waals surface area contributed by atoms with Gasteiger partial charge in [-0.2, -0.15) is 4.98 Å². The third kappa shape index (κ3) is 3.54. The molecular weight excluding hydrogens is 366 g/mol. The summed E-state index contributed by atoms with van der Waals surface area (Å²) in [6.07, 6.45) is 2.16. The lowest BCUT2D eigenvalue weighted by atomic mass is 10.1. The third-order valence-electron chi connectivity index (χ3n) is 5.57.